The number of unbranched alkanes of at least 4 members (excludes halogenated alkanes) is 1. The van der Waals surface area contributed by atoms with Crippen molar-refractivity contribution in [3.63, 3.8) is 0 Å². The average molecular weight is 323 g/mol. The van der Waals surface area contributed by atoms with Gasteiger partial charge >= 0.3 is 0 Å². The van der Waals surface area contributed by atoms with E-state index in [9.17, 15) is 4.79 Å². The number of hydrogen-bond acceptors (Lipinski definition) is 5. The first-order valence-electron chi connectivity index (χ1n) is 7.33. The molecular weight excluding hydrogens is 302 g/mol. The van der Waals surface area contributed by atoms with Crippen molar-refractivity contribution in [2.45, 2.75) is 50.3 Å². The Morgan fingerprint density at radius 3 is 2.95 bits per heavy atom. The van der Waals surface area contributed by atoms with E-state index in [1.807, 2.05) is 6.92 Å². The Labute approximate surface area is 133 Å². The second kappa shape index (κ2) is 7.75. The van der Waals surface area contributed by atoms with Crippen LogP contribution in [0.5, 0.6) is 0 Å². The number of amides is 1. The molecule has 0 saturated heterocycles. The highest BCUT2D eigenvalue weighted by Crippen LogP contribution is 2.32. The van der Waals surface area contributed by atoms with Gasteiger partial charge in [0.1, 0.15) is 16.2 Å². The Morgan fingerprint density at radius 1 is 1.43 bits per heavy atom. The van der Waals surface area contributed by atoms with Gasteiger partial charge in [-0.1, -0.05) is 32.0 Å². The molecule has 6 heteroatoms. The average Bonchev–Trinajstić information content (AvgIpc) is 2.91. The zero-order valence-corrected chi connectivity index (χ0v) is 14.3. The molecule has 0 bridgehead atoms. The van der Waals surface area contributed by atoms with Crippen LogP contribution in [0.15, 0.2) is 17.4 Å². The van der Waals surface area contributed by atoms with Crippen LogP contribution in [-0.4, -0.2) is 27.7 Å². The lowest BCUT2D eigenvalue weighted by molar-refractivity contribution is -0.120. The molecule has 2 aromatic rings. The van der Waals surface area contributed by atoms with E-state index in [2.05, 4.69) is 35.2 Å². The minimum absolute atomic E-state index is 0.0751. The molecule has 0 aliphatic rings. The summed E-state index contributed by atoms with van der Waals surface area (Å²) in [5, 5.41) is 4.78. The highest BCUT2D eigenvalue weighted by atomic mass is 32.2. The third kappa shape index (κ3) is 4.17. The number of thiophene rings is 1. The topological polar surface area (TPSA) is 54.9 Å². The number of aromatic nitrogens is 2. The van der Waals surface area contributed by atoms with Crippen molar-refractivity contribution in [2.24, 2.45) is 0 Å². The maximum atomic E-state index is 12.0. The number of nitrogens with one attached hydrogen (secondary N) is 1. The third-order valence-corrected chi connectivity index (χ3v) is 5.48. The van der Waals surface area contributed by atoms with Gasteiger partial charge in [0.2, 0.25) is 5.91 Å². The summed E-state index contributed by atoms with van der Waals surface area (Å²) in [6.07, 6.45) is 4.69. The van der Waals surface area contributed by atoms with Crippen LogP contribution in [0, 0.1) is 0 Å². The highest BCUT2D eigenvalue weighted by molar-refractivity contribution is 8.00. The van der Waals surface area contributed by atoms with Gasteiger partial charge in [0.05, 0.1) is 5.25 Å². The Kier molecular flexibility index (Phi) is 5.99. The number of carbonyl (C=O) groups is 1. The van der Waals surface area contributed by atoms with Crippen molar-refractivity contribution in [1.29, 1.82) is 0 Å². The summed E-state index contributed by atoms with van der Waals surface area (Å²) in [5.41, 5.74) is 0. The number of rotatable bonds is 7. The fourth-order valence-corrected chi connectivity index (χ4v) is 3.82. The van der Waals surface area contributed by atoms with Crippen molar-refractivity contribution in [1.82, 2.24) is 15.3 Å². The fourth-order valence-electron chi connectivity index (χ4n) is 1.90. The molecular formula is C15H21N3OS2. The van der Waals surface area contributed by atoms with E-state index in [0.29, 0.717) is 0 Å². The lowest BCUT2D eigenvalue weighted by Crippen LogP contribution is -2.31. The van der Waals surface area contributed by atoms with Crippen LogP contribution in [0.25, 0.3) is 10.2 Å². The molecule has 21 heavy (non-hydrogen) atoms. The highest BCUT2D eigenvalue weighted by Gasteiger charge is 2.17. The van der Waals surface area contributed by atoms with Crippen LogP contribution in [0.3, 0.4) is 0 Å². The van der Waals surface area contributed by atoms with Crippen molar-refractivity contribution >= 4 is 39.2 Å². The summed E-state index contributed by atoms with van der Waals surface area (Å²) >= 11 is 3.21. The van der Waals surface area contributed by atoms with E-state index in [1.165, 1.54) is 16.6 Å². The molecule has 0 aliphatic heterocycles. The maximum Gasteiger partial charge on any atom is 0.233 e. The monoisotopic (exact) mass is 323 g/mol. The van der Waals surface area contributed by atoms with Gasteiger partial charge in [-0.2, -0.15) is 0 Å². The van der Waals surface area contributed by atoms with Gasteiger partial charge in [-0.25, -0.2) is 9.97 Å². The van der Waals surface area contributed by atoms with E-state index in [0.717, 1.165) is 41.0 Å². The second-order valence-electron chi connectivity index (χ2n) is 4.87. The van der Waals surface area contributed by atoms with Crippen LogP contribution >= 0.6 is 23.1 Å². The van der Waals surface area contributed by atoms with Crippen LogP contribution in [0.1, 0.15) is 38.5 Å². The van der Waals surface area contributed by atoms with Gasteiger partial charge in [0.15, 0.2) is 0 Å². The quantitative estimate of drug-likeness (QED) is 0.480. The Bertz CT molecular complexity index is 612. The molecule has 0 fully saturated rings. The van der Waals surface area contributed by atoms with Gasteiger partial charge in [-0.15, -0.1) is 11.3 Å². The van der Waals surface area contributed by atoms with E-state index in [4.69, 9.17) is 0 Å². The maximum absolute atomic E-state index is 12.0. The van der Waals surface area contributed by atoms with Gasteiger partial charge in [-0.05, 0) is 25.8 Å². The van der Waals surface area contributed by atoms with Crippen LogP contribution < -0.4 is 5.32 Å². The molecule has 4 nitrogen and oxygen atoms in total. The number of fused-ring (bicyclic) bond motifs is 1. The van der Waals surface area contributed by atoms with Crippen molar-refractivity contribution < 1.29 is 4.79 Å². The normalized spacial score (nSPS) is 12.5. The lowest BCUT2D eigenvalue weighted by atomic mass is 10.3. The summed E-state index contributed by atoms with van der Waals surface area (Å²) < 4.78 is 0. The number of thioether (sulfide) groups is 1. The molecule has 1 atom stereocenters. The largest absolute Gasteiger partial charge is 0.355 e. The molecule has 1 N–H and O–H groups in total. The van der Waals surface area contributed by atoms with E-state index >= 15 is 0 Å². The molecule has 1 unspecified atom stereocenters. The van der Waals surface area contributed by atoms with Gasteiger partial charge < -0.3 is 5.32 Å². The molecule has 0 aliphatic carbocycles. The molecule has 1 amide bonds. The van der Waals surface area contributed by atoms with E-state index in [-0.39, 0.29) is 11.2 Å². The first kappa shape index (κ1) is 16.2. The smallest absolute Gasteiger partial charge is 0.233 e. The van der Waals surface area contributed by atoms with E-state index < -0.39 is 0 Å². The number of nitrogens with zero attached hydrogens (tertiary/aromatic N) is 2. The molecule has 0 aromatic carbocycles. The zero-order valence-electron chi connectivity index (χ0n) is 12.7. The molecule has 2 heterocycles. The van der Waals surface area contributed by atoms with Crippen molar-refractivity contribution in [3.8, 4) is 0 Å². The number of carbonyl (C=O) groups excluding carboxylic acids is 1. The zero-order chi connectivity index (χ0) is 15.2. The predicted octanol–water partition coefficient (Wildman–Crippen LogP) is 3.65. The molecule has 0 radical (unpaired) electrons. The summed E-state index contributed by atoms with van der Waals surface area (Å²) in [6.45, 7) is 6.92. The number of hydrogen-bond donors (Lipinski definition) is 1. The van der Waals surface area contributed by atoms with E-state index in [1.54, 1.807) is 17.7 Å². The molecule has 0 saturated carbocycles. The van der Waals surface area contributed by atoms with Crippen LogP contribution in [0.2, 0.25) is 0 Å². The molecule has 2 aromatic heterocycles. The van der Waals surface area contributed by atoms with Gasteiger partial charge in [0.25, 0.3) is 0 Å². The first-order chi connectivity index (χ1) is 10.2. The van der Waals surface area contributed by atoms with Crippen LogP contribution in [0.4, 0.5) is 0 Å². The minimum atomic E-state index is -0.148. The van der Waals surface area contributed by atoms with Crippen molar-refractivity contribution in [3.05, 3.63) is 17.3 Å². The standard InChI is InChI=1S/C15H21N3OS2/c1-4-6-7-16-13(19)10(3)20-14-12-8-11(5-2)21-15(12)18-9-17-14/h8-10H,4-7H2,1-3H3,(H,16,19). The van der Waals surface area contributed by atoms with Crippen LogP contribution in [-0.2, 0) is 11.2 Å². The summed E-state index contributed by atoms with van der Waals surface area (Å²) in [5.74, 6) is 0.0751. The SMILES string of the molecule is CCCCNC(=O)C(C)Sc1ncnc2sc(CC)cc12. The second-order valence-corrected chi connectivity index (χ2v) is 7.31. The predicted molar refractivity (Wildman–Crippen MR) is 90.0 cm³/mol. The minimum Gasteiger partial charge on any atom is -0.355 e. The number of aryl methyl sites for hydroxylation is 1. The summed E-state index contributed by atoms with van der Waals surface area (Å²) in [7, 11) is 0. The van der Waals surface area contributed by atoms with Gasteiger partial charge in [0, 0.05) is 16.8 Å². The Balaban J connectivity index is 2.08. The molecule has 114 valence electrons. The molecule has 2 rings (SSSR count). The van der Waals surface area contributed by atoms with Crippen molar-refractivity contribution in [2.75, 3.05) is 6.54 Å². The van der Waals surface area contributed by atoms with Gasteiger partial charge in [-0.3, -0.25) is 4.79 Å². The Morgan fingerprint density at radius 2 is 2.24 bits per heavy atom. The molecule has 0 spiro atoms. The lowest BCUT2D eigenvalue weighted by Gasteiger charge is -2.11. The fraction of sp³-hybridized carbons (Fsp3) is 0.533. The summed E-state index contributed by atoms with van der Waals surface area (Å²) in [6, 6.07) is 2.14. The summed E-state index contributed by atoms with van der Waals surface area (Å²) in [4.78, 5) is 23.0. The first-order valence-corrected chi connectivity index (χ1v) is 9.03. The Hall–Kier alpha value is -1.14. The third-order valence-electron chi connectivity index (χ3n) is 3.18.